The van der Waals surface area contributed by atoms with Crippen LogP contribution in [0, 0.1) is 6.92 Å². The summed E-state index contributed by atoms with van der Waals surface area (Å²) in [5, 5.41) is 3.39. The van der Waals surface area contributed by atoms with Gasteiger partial charge < -0.3 is 16.0 Å². The molecule has 4 nitrogen and oxygen atoms in total. The summed E-state index contributed by atoms with van der Waals surface area (Å²) in [5.41, 5.74) is 7.82. The lowest BCUT2D eigenvalue weighted by Gasteiger charge is -2.18. The van der Waals surface area contributed by atoms with Gasteiger partial charge in [-0.05, 0) is 39.0 Å². The molecule has 4 heteroatoms. The van der Waals surface area contributed by atoms with Crippen LogP contribution in [0.4, 0.5) is 5.82 Å². The van der Waals surface area contributed by atoms with Gasteiger partial charge in [0.15, 0.2) is 0 Å². The average molecular weight is 250 g/mol. The molecular weight excluding hydrogens is 224 g/mol. The van der Waals surface area contributed by atoms with E-state index >= 15 is 0 Å². The first-order valence-electron chi connectivity index (χ1n) is 6.84. The van der Waals surface area contributed by atoms with E-state index < -0.39 is 0 Å². The number of nitrogens with two attached hydrogens (primary N) is 1. The van der Waals surface area contributed by atoms with Gasteiger partial charge in [-0.2, -0.15) is 0 Å². The Morgan fingerprint density at radius 1 is 1.28 bits per heavy atom. The fourth-order valence-corrected chi connectivity index (χ4v) is 1.95. The highest BCUT2D eigenvalue weighted by Crippen LogP contribution is 2.12. The summed E-state index contributed by atoms with van der Waals surface area (Å²) in [5.74, 6) is 0.942. The Morgan fingerprint density at radius 2 is 2.00 bits per heavy atom. The summed E-state index contributed by atoms with van der Waals surface area (Å²) < 4.78 is 0. The van der Waals surface area contributed by atoms with E-state index in [1.165, 1.54) is 0 Å². The van der Waals surface area contributed by atoms with Crippen molar-refractivity contribution in [3.8, 4) is 0 Å². The molecule has 0 unspecified atom stereocenters. The van der Waals surface area contributed by atoms with Crippen molar-refractivity contribution in [1.82, 2.24) is 9.88 Å². The summed E-state index contributed by atoms with van der Waals surface area (Å²) in [7, 11) is 0. The van der Waals surface area contributed by atoms with Gasteiger partial charge in [0, 0.05) is 24.3 Å². The molecule has 0 aromatic carbocycles. The smallest absolute Gasteiger partial charge is 0.130 e. The predicted octanol–water partition coefficient (Wildman–Crippen LogP) is 1.99. The predicted molar refractivity (Wildman–Crippen MR) is 77.8 cm³/mol. The summed E-state index contributed by atoms with van der Waals surface area (Å²) in [6.45, 7) is 11.2. The van der Waals surface area contributed by atoms with E-state index in [1.54, 1.807) is 0 Å². The Morgan fingerprint density at radius 3 is 2.61 bits per heavy atom. The summed E-state index contributed by atoms with van der Waals surface area (Å²) >= 11 is 0. The van der Waals surface area contributed by atoms with Crippen molar-refractivity contribution in [2.45, 2.75) is 33.7 Å². The van der Waals surface area contributed by atoms with Crippen LogP contribution in [0.3, 0.4) is 0 Å². The highest BCUT2D eigenvalue weighted by atomic mass is 15.1. The average Bonchev–Trinajstić information content (AvgIpc) is 2.39. The summed E-state index contributed by atoms with van der Waals surface area (Å²) in [4.78, 5) is 6.92. The number of anilines is 1. The minimum absolute atomic E-state index is 0.533. The van der Waals surface area contributed by atoms with Crippen LogP contribution >= 0.6 is 0 Å². The normalized spacial score (nSPS) is 10.9. The van der Waals surface area contributed by atoms with Gasteiger partial charge in [0.25, 0.3) is 0 Å². The molecule has 1 rings (SSSR count). The largest absolute Gasteiger partial charge is 0.370 e. The summed E-state index contributed by atoms with van der Waals surface area (Å²) in [6.07, 6.45) is 1.13. The molecule has 0 radical (unpaired) electrons. The van der Waals surface area contributed by atoms with Crippen LogP contribution in [0.5, 0.6) is 0 Å². The fraction of sp³-hybridized carbons (Fsp3) is 0.643. The SMILES string of the molecule is CCN(CC)CCCNc1nc(C)ccc1CN. The molecule has 0 saturated carbocycles. The second kappa shape index (κ2) is 8.06. The zero-order valence-electron chi connectivity index (χ0n) is 11.9. The third-order valence-electron chi connectivity index (χ3n) is 3.18. The van der Waals surface area contributed by atoms with E-state index in [2.05, 4.69) is 35.1 Å². The third kappa shape index (κ3) is 4.63. The fourth-order valence-electron chi connectivity index (χ4n) is 1.95. The van der Waals surface area contributed by atoms with Crippen molar-refractivity contribution < 1.29 is 0 Å². The van der Waals surface area contributed by atoms with Gasteiger partial charge >= 0.3 is 0 Å². The van der Waals surface area contributed by atoms with Crippen LogP contribution in [-0.2, 0) is 6.54 Å². The maximum absolute atomic E-state index is 5.71. The Labute approximate surface area is 111 Å². The van der Waals surface area contributed by atoms with Crippen molar-refractivity contribution in [2.24, 2.45) is 5.73 Å². The lowest BCUT2D eigenvalue weighted by molar-refractivity contribution is 0.303. The molecule has 0 aliphatic rings. The van der Waals surface area contributed by atoms with Gasteiger partial charge in [-0.15, -0.1) is 0 Å². The van der Waals surface area contributed by atoms with Crippen LogP contribution in [0.25, 0.3) is 0 Å². The number of aromatic nitrogens is 1. The van der Waals surface area contributed by atoms with E-state index in [-0.39, 0.29) is 0 Å². The van der Waals surface area contributed by atoms with Crippen molar-refractivity contribution in [2.75, 3.05) is 31.5 Å². The van der Waals surface area contributed by atoms with Crippen LogP contribution in [0.15, 0.2) is 12.1 Å². The van der Waals surface area contributed by atoms with E-state index in [0.29, 0.717) is 6.54 Å². The van der Waals surface area contributed by atoms with Crippen LogP contribution in [0.1, 0.15) is 31.5 Å². The molecule has 0 spiro atoms. The van der Waals surface area contributed by atoms with E-state index in [4.69, 9.17) is 5.73 Å². The number of rotatable bonds is 8. The second-order valence-corrected chi connectivity index (χ2v) is 4.47. The standard InChI is InChI=1S/C14H26N4/c1-4-18(5-2)10-6-9-16-14-13(11-15)8-7-12(3)17-14/h7-8H,4-6,9-11,15H2,1-3H3,(H,16,17). The number of hydrogen-bond donors (Lipinski definition) is 2. The third-order valence-corrected chi connectivity index (χ3v) is 3.18. The Kier molecular flexibility index (Phi) is 6.68. The maximum Gasteiger partial charge on any atom is 0.130 e. The topological polar surface area (TPSA) is 54.2 Å². The van der Waals surface area contributed by atoms with Gasteiger partial charge in [-0.25, -0.2) is 4.98 Å². The quantitative estimate of drug-likeness (QED) is 0.693. The molecule has 0 aliphatic heterocycles. The molecule has 0 atom stereocenters. The lowest BCUT2D eigenvalue weighted by atomic mass is 10.2. The molecular formula is C14H26N4. The van der Waals surface area contributed by atoms with E-state index in [1.807, 2.05) is 13.0 Å². The Balaban J connectivity index is 2.41. The van der Waals surface area contributed by atoms with E-state index in [9.17, 15) is 0 Å². The molecule has 1 heterocycles. The van der Waals surface area contributed by atoms with Gasteiger partial charge in [-0.1, -0.05) is 19.9 Å². The lowest BCUT2D eigenvalue weighted by Crippen LogP contribution is -2.25. The zero-order chi connectivity index (χ0) is 13.4. The molecule has 18 heavy (non-hydrogen) atoms. The van der Waals surface area contributed by atoms with Crippen molar-refractivity contribution in [3.63, 3.8) is 0 Å². The molecule has 102 valence electrons. The van der Waals surface area contributed by atoms with E-state index in [0.717, 1.165) is 49.7 Å². The molecule has 0 saturated heterocycles. The molecule has 3 N–H and O–H groups in total. The van der Waals surface area contributed by atoms with Crippen molar-refractivity contribution >= 4 is 5.82 Å². The highest BCUT2D eigenvalue weighted by Gasteiger charge is 2.03. The first-order chi connectivity index (χ1) is 8.71. The van der Waals surface area contributed by atoms with Gasteiger partial charge in [0.2, 0.25) is 0 Å². The monoisotopic (exact) mass is 250 g/mol. The molecule has 0 bridgehead atoms. The number of aryl methyl sites for hydroxylation is 1. The minimum Gasteiger partial charge on any atom is -0.370 e. The molecule has 0 amide bonds. The maximum atomic E-state index is 5.71. The van der Waals surface area contributed by atoms with Gasteiger partial charge in [-0.3, -0.25) is 0 Å². The molecule has 1 aromatic rings. The van der Waals surface area contributed by atoms with Gasteiger partial charge in [0.05, 0.1) is 0 Å². The zero-order valence-corrected chi connectivity index (χ0v) is 11.9. The highest BCUT2D eigenvalue weighted by molar-refractivity contribution is 5.44. The molecule has 0 fully saturated rings. The first-order valence-corrected chi connectivity index (χ1v) is 6.84. The Hall–Kier alpha value is -1.13. The Bertz CT molecular complexity index is 348. The number of nitrogens with zero attached hydrogens (tertiary/aromatic N) is 2. The number of hydrogen-bond acceptors (Lipinski definition) is 4. The van der Waals surface area contributed by atoms with Crippen molar-refractivity contribution in [3.05, 3.63) is 23.4 Å². The molecule has 1 aromatic heterocycles. The van der Waals surface area contributed by atoms with Crippen molar-refractivity contribution in [1.29, 1.82) is 0 Å². The van der Waals surface area contributed by atoms with Crippen LogP contribution in [-0.4, -0.2) is 36.1 Å². The minimum atomic E-state index is 0.533. The van der Waals surface area contributed by atoms with Crippen LogP contribution < -0.4 is 11.1 Å². The van der Waals surface area contributed by atoms with Gasteiger partial charge in [0.1, 0.15) is 5.82 Å². The molecule has 0 aliphatic carbocycles. The van der Waals surface area contributed by atoms with Crippen LogP contribution in [0.2, 0.25) is 0 Å². The number of pyridine rings is 1. The first kappa shape index (κ1) is 14.9. The number of nitrogens with one attached hydrogen (secondary N) is 1. The summed E-state index contributed by atoms with van der Waals surface area (Å²) in [6, 6.07) is 4.05. The second-order valence-electron chi connectivity index (χ2n) is 4.47.